The number of para-hydroxylation sites is 1. The summed E-state index contributed by atoms with van der Waals surface area (Å²) < 4.78 is 11.4. The number of ether oxygens (including phenoxy) is 2. The number of likely N-dealkylation sites (N-methyl/N-ethyl adjacent to an activating group) is 1. The number of fused-ring (bicyclic) bond motifs is 1. The van der Waals surface area contributed by atoms with Gasteiger partial charge in [-0.3, -0.25) is 4.79 Å². The Balaban J connectivity index is 1.76. The second kappa shape index (κ2) is 8.23. The quantitative estimate of drug-likeness (QED) is 0.828. The third kappa shape index (κ3) is 4.55. The molecule has 0 bridgehead atoms. The van der Waals surface area contributed by atoms with Gasteiger partial charge in [0.2, 0.25) is 5.91 Å². The molecule has 5 nitrogen and oxygen atoms in total. The third-order valence-corrected chi connectivity index (χ3v) is 4.49. The number of benzene rings is 2. The van der Waals surface area contributed by atoms with Gasteiger partial charge in [0.15, 0.2) is 0 Å². The fraction of sp³-hybridized carbons (Fsp3) is 0.381. The number of nitrogens with zero attached hydrogens (tertiary/aromatic N) is 2. The van der Waals surface area contributed by atoms with Crippen LogP contribution in [0, 0.1) is 0 Å². The molecule has 1 atom stereocenters. The molecule has 2 aromatic rings. The predicted molar refractivity (Wildman–Crippen MR) is 102 cm³/mol. The SMILES string of the molecule is COc1ccc(CC(=O)N2Cc3ccccc3OC(CN(C)C)C2)cc1. The van der Waals surface area contributed by atoms with Crippen molar-refractivity contribution in [3.05, 3.63) is 59.7 Å². The van der Waals surface area contributed by atoms with E-state index >= 15 is 0 Å². The highest BCUT2D eigenvalue weighted by Gasteiger charge is 2.26. The number of carbonyl (C=O) groups is 1. The molecule has 0 saturated carbocycles. The van der Waals surface area contributed by atoms with Crippen molar-refractivity contribution in [2.24, 2.45) is 0 Å². The summed E-state index contributed by atoms with van der Waals surface area (Å²) in [5.74, 6) is 1.78. The lowest BCUT2D eigenvalue weighted by atomic mass is 10.1. The zero-order valence-corrected chi connectivity index (χ0v) is 15.6. The number of amides is 1. The normalized spacial score (nSPS) is 16.6. The molecule has 1 aliphatic rings. The molecule has 1 unspecified atom stereocenters. The topological polar surface area (TPSA) is 42.0 Å². The average molecular weight is 354 g/mol. The highest BCUT2D eigenvalue weighted by molar-refractivity contribution is 5.79. The van der Waals surface area contributed by atoms with Crippen LogP contribution in [0.5, 0.6) is 11.5 Å². The van der Waals surface area contributed by atoms with E-state index in [0.717, 1.165) is 29.2 Å². The molecule has 3 rings (SSSR count). The van der Waals surface area contributed by atoms with Gasteiger partial charge in [-0.05, 0) is 37.9 Å². The van der Waals surface area contributed by atoms with E-state index in [1.54, 1.807) is 7.11 Å². The van der Waals surface area contributed by atoms with Crippen molar-refractivity contribution >= 4 is 5.91 Å². The second-order valence-electron chi connectivity index (χ2n) is 6.91. The summed E-state index contributed by atoms with van der Waals surface area (Å²) in [6, 6.07) is 15.6. The zero-order valence-electron chi connectivity index (χ0n) is 15.6. The first-order valence-electron chi connectivity index (χ1n) is 8.85. The van der Waals surface area contributed by atoms with Crippen LogP contribution >= 0.6 is 0 Å². The molecule has 0 saturated heterocycles. The Bertz CT molecular complexity index is 743. The third-order valence-electron chi connectivity index (χ3n) is 4.49. The maximum atomic E-state index is 12.9. The molecule has 0 N–H and O–H groups in total. The van der Waals surface area contributed by atoms with Crippen LogP contribution in [0.25, 0.3) is 0 Å². The van der Waals surface area contributed by atoms with E-state index < -0.39 is 0 Å². The Morgan fingerprint density at radius 2 is 1.92 bits per heavy atom. The molecule has 1 aliphatic heterocycles. The van der Waals surface area contributed by atoms with Crippen LogP contribution < -0.4 is 9.47 Å². The van der Waals surface area contributed by atoms with Gasteiger partial charge in [0.05, 0.1) is 20.1 Å². The maximum absolute atomic E-state index is 12.9. The number of carbonyl (C=O) groups excluding carboxylic acids is 1. The van der Waals surface area contributed by atoms with Gasteiger partial charge in [0, 0.05) is 18.7 Å². The minimum absolute atomic E-state index is 0.0477. The molecule has 1 amide bonds. The summed E-state index contributed by atoms with van der Waals surface area (Å²) in [7, 11) is 5.67. The molecule has 2 aromatic carbocycles. The minimum Gasteiger partial charge on any atom is -0.497 e. The molecular weight excluding hydrogens is 328 g/mol. The number of methoxy groups -OCH3 is 1. The summed E-state index contributed by atoms with van der Waals surface area (Å²) in [5, 5.41) is 0. The number of hydrogen-bond acceptors (Lipinski definition) is 4. The fourth-order valence-corrected chi connectivity index (χ4v) is 3.20. The van der Waals surface area contributed by atoms with Gasteiger partial charge in [0.1, 0.15) is 17.6 Å². The van der Waals surface area contributed by atoms with Crippen molar-refractivity contribution in [3.8, 4) is 11.5 Å². The first kappa shape index (κ1) is 18.3. The molecule has 0 spiro atoms. The lowest BCUT2D eigenvalue weighted by Crippen LogP contribution is -2.42. The van der Waals surface area contributed by atoms with E-state index in [2.05, 4.69) is 4.90 Å². The van der Waals surface area contributed by atoms with Crippen molar-refractivity contribution in [1.29, 1.82) is 0 Å². The van der Waals surface area contributed by atoms with Gasteiger partial charge in [-0.15, -0.1) is 0 Å². The lowest BCUT2D eigenvalue weighted by Gasteiger charge is -2.26. The van der Waals surface area contributed by atoms with E-state index in [0.29, 0.717) is 19.5 Å². The van der Waals surface area contributed by atoms with Crippen molar-refractivity contribution in [1.82, 2.24) is 9.80 Å². The summed E-state index contributed by atoms with van der Waals surface area (Å²) in [6.45, 7) is 1.93. The molecule has 0 aromatic heterocycles. The highest BCUT2D eigenvalue weighted by atomic mass is 16.5. The van der Waals surface area contributed by atoms with E-state index in [4.69, 9.17) is 9.47 Å². The van der Waals surface area contributed by atoms with Crippen LogP contribution in [0.3, 0.4) is 0 Å². The Morgan fingerprint density at radius 3 is 2.62 bits per heavy atom. The first-order chi connectivity index (χ1) is 12.5. The van der Waals surface area contributed by atoms with Crippen molar-refractivity contribution in [2.45, 2.75) is 19.1 Å². The first-order valence-corrected chi connectivity index (χ1v) is 8.85. The highest BCUT2D eigenvalue weighted by Crippen LogP contribution is 2.25. The van der Waals surface area contributed by atoms with E-state index in [1.807, 2.05) is 67.5 Å². The predicted octanol–water partition coefficient (Wildman–Crippen LogP) is 2.59. The average Bonchev–Trinajstić information content (AvgIpc) is 2.80. The lowest BCUT2D eigenvalue weighted by molar-refractivity contribution is -0.132. The van der Waals surface area contributed by atoms with Crippen molar-refractivity contribution in [3.63, 3.8) is 0 Å². The molecule has 1 heterocycles. The second-order valence-corrected chi connectivity index (χ2v) is 6.91. The summed E-state index contributed by atoms with van der Waals surface area (Å²) in [4.78, 5) is 16.9. The van der Waals surface area contributed by atoms with Crippen LogP contribution in [0.4, 0.5) is 0 Å². The maximum Gasteiger partial charge on any atom is 0.227 e. The van der Waals surface area contributed by atoms with Gasteiger partial charge in [0.25, 0.3) is 0 Å². The largest absolute Gasteiger partial charge is 0.497 e. The van der Waals surface area contributed by atoms with Crippen LogP contribution in [0.15, 0.2) is 48.5 Å². The number of hydrogen-bond donors (Lipinski definition) is 0. The number of rotatable bonds is 5. The molecule has 0 radical (unpaired) electrons. The fourth-order valence-electron chi connectivity index (χ4n) is 3.20. The summed E-state index contributed by atoms with van der Waals surface area (Å²) in [5.41, 5.74) is 2.04. The van der Waals surface area contributed by atoms with Gasteiger partial charge in [-0.25, -0.2) is 0 Å². The smallest absolute Gasteiger partial charge is 0.227 e. The Morgan fingerprint density at radius 1 is 1.19 bits per heavy atom. The molecule has 0 fully saturated rings. The van der Waals surface area contributed by atoms with Gasteiger partial charge >= 0.3 is 0 Å². The van der Waals surface area contributed by atoms with Crippen LogP contribution in [0.1, 0.15) is 11.1 Å². The Labute approximate surface area is 155 Å². The van der Waals surface area contributed by atoms with Crippen LogP contribution in [-0.2, 0) is 17.8 Å². The molecule has 26 heavy (non-hydrogen) atoms. The summed E-state index contributed by atoms with van der Waals surface area (Å²) >= 11 is 0. The van der Waals surface area contributed by atoms with Crippen LogP contribution in [0.2, 0.25) is 0 Å². The van der Waals surface area contributed by atoms with Crippen LogP contribution in [-0.4, -0.2) is 56.1 Å². The van der Waals surface area contributed by atoms with E-state index in [9.17, 15) is 4.79 Å². The minimum atomic E-state index is -0.0477. The van der Waals surface area contributed by atoms with Crippen molar-refractivity contribution in [2.75, 3.05) is 34.3 Å². The molecule has 138 valence electrons. The summed E-state index contributed by atoms with van der Waals surface area (Å²) in [6.07, 6.45) is 0.328. The zero-order chi connectivity index (χ0) is 18.5. The van der Waals surface area contributed by atoms with E-state index in [1.165, 1.54) is 0 Å². The van der Waals surface area contributed by atoms with Gasteiger partial charge in [-0.2, -0.15) is 0 Å². The molecule has 5 heteroatoms. The monoisotopic (exact) mass is 354 g/mol. The van der Waals surface area contributed by atoms with Gasteiger partial charge in [-0.1, -0.05) is 30.3 Å². The Hall–Kier alpha value is -2.53. The van der Waals surface area contributed by atoms with Gasteiger partial charge < -0.3 is 19.3 Å². The molecular formula is C21H26N2O3. The Kier molecular flexibility index (Phi) is 5.78. The van der Waals surface area contributed by atoms with Crippen molar-refractivity contribution < 1.29 is 14.3 Å². The standard InChI is InChI=1S/C21H26N2O3/c1-22(2)14-19-15-23(13-17-6-4-5-7-20(17)26-19)21(24)12-16-8-10-18(25-3)11-9-16/h4-11,19H,12-15H2,1-3H3. The molecule has 0 aliphatic carbocycles. The van der Waals surface area contributed by atoms with E-state index in [-0.39, 0.29) is 12.0 Å².